The van der Waals surface area contributed by atoms with Crippen LogP contribution in [0.5, 0.6) is 0 Å². The Morgan fingerprint density at radius 3 is 2.84 bits per heavy atom. The van der Waals surface area contributed by atoms with Crippen molar-refractivity contribution < 1.29 is 0 Å². The molecule has 5 nitrogen and oxygen atoms in total. The molecule has 19 heavy (non-hydrogen) atoms. The highest BCUT2D eigenvalue weighted by molar-refractivity contribution is 7.15. The highest BCUT2D eigenvalue weighted by Gasteiger charge is 2.12. The molecule has 0 saturated carbocycles. The summed E-state index contributed by atoms with van der Waals surface area (Å²) in [6.07, 6.45) is 1.87. The number of nitrogens with zero attached hydrogens (tertiary/aromatic N) is 3. The summed E-state index contributed by atoms with van der Waals surface area (Å²) >= 11 is 1.42. The molecule has 4 rings (SSSR count). The molecule has 0 saturated heterocycles. The Labute approximate surface area is 111 Å². The predicted octanol–water partition coefficient (Wildman–Crippen LogP) is 2.30. The molecule has 0 unspecified atom stereocenters. The number of fused-ring (bicyclic) bond motifs is 3. The van der Waals surface area contributed by atoms with Crippen LogP contribution in [0, 0.1) is 0 Å². The second-order valence-electron chi connectivity index (χ2n) is 4.12. The first-order chi connectivity index (χ1) is 9.33. The van der Waals surface area contributed by atoms with Gasteiger partial charge < -0.3 is 4.98 Å². The molecule has 1 aromatic carbocycles. The van der Waals surface area contributed by atoms with Crippen molar-refractivity contribution in [2.24, 2.45) is 0 Å². The number of H-pyrrole nitrogens is 1. The third-order valence-corrected chi connectivity index (χ3v) is 3.72. The monoisotopic (exact) mass is 268 g/mol. The Bertz CT molecular complexity index is 936. The van der Waals surface area contributed by atoms with Crippen LogP contribution in [0.2, 0.25) is 0 Å². The molecule has 0 aliphatic carbocycles. The van der Waals surface area contributed by atoms with Crippen LogP contribution in [-0.2, 0) is 0 Å². The van der Waals surface area contributed by atoms with Gasteiger partial charge in [-0.2, -0.15) is 4.98 Å². The van der Waals surface area contributed by atoms with Crippen molar-refractivity contribution in [3.63, 3.8) is 0 Å². The first kappa shape index (κ1) is 10.5. The van der Waals surface area contributed by atoms with Crippen LogP contribution in [0.4, 0.5) is 0 Å². The Morgan fingerprint density at radius 2 is 2.00 bits per heavy atom. The third-order valence-electron chi connectivity index (χ3n) is 2.96. The van der Waals surface area contributed by atoms with Crippen LogP contribution in [0.25, 0.3) is 27.5 Å². The fourth-order valence-electron chi connectivity index (χ4n) is 2.08. The molecular formula is C13H8N4OS. The van der Waals surface area contributed by atoms with Gasteiger partial charge in [0.2, 0.25) is 0 Å². The van der Waals surface area contributed by atoms with Gasteiger partial charge in [-0.25, -0.2) is 4.98 Å². The van der Waals surface area contributed by atoms with E-state index in [1.165, 1.54) is 11.3 Å². The van der Waals surface area contributed by atoms with Crippen molar-refractivity contribution in [2.75, 3.05) is 0 Å². The van der Waals surface area contributed by atoms with E-state index < -0.39 is 0 Å². The molecule has 0 radical (unpaired) electrons. The van der Waals surface area contributed by atoms with Gasteiger partial charge >= 0.3 is 0 Å². The molecule has 0 fully saturated rings. The van der Waals surface area contributed by atoms with Gasteiger partial charge in [-0.05, 0) is 0 Å². The van der Waals surface area contributed by atoms with Crippen LogP contribution in [0.15, 0.2) is 46.7 Å². The van der Waals surface area contributed by atoms with Gasteiger partial charge in [-0.1, -0.05) is 30.3 Å². The zero-order chi connectivity index (χ0) is 12.8. The Kier molecular flexibility index (Phi) is 2.07. The molecular weight excluding hydrogens is 260 g/mol. The second kappa shape index (κ2) is 3.76. The van der Waals surface area contributed by atoms with Crippen molar-refractivity contribution in [1.29, 1.82) is 0 Å². The van der Waals surface area contributed by atoms with E-state index in [2.05, 4.69) is 15.0 Å². The zero-order valence-electron chi connectivity index (χ0n) is 9.70. The van der Waals surface area contributed by atoms with Crippen LogP contribution >= 0.6 is 11.3 Å². The van der Waals surface area contributed by atoms with Gasteiger partial charge in [0.25, 0.3) is 5.56 Å². The van der Waals surface area contributed by atoms with E-state index in [0.29, 0.717) is 21.9 Å². The maximum absolute atomic E-state index is 11.9. The number of hydrogen-bond donors (Lipinski definition) is 1. The van der Waals surface area contributed by atoms with E-state index in [-0.39, 0.29) is 5.56 Å². The lowest BCUT2D eigenvalue weighted by Gasteiger charge is -1.93. The lowest BCUT2D eigenvalue weighted by molar-refractivity contribution is 1.15. The first-order valence-corrected chi connectivity index (χ1v) is 6.62. The zero-order valence-corrected chi connectivity index (χ0v) is 10.5. The Balaban J connectivity index is 2.11. The molecule has 4 aromatic rings. The van der Waals surface area contributed by atoms with Crippen LogP contribution in [0.3, 0.4) is 0 Å². The number of aromatic amines is 1. The minimum atomic E-state index is -0.271. The Morgan fingerprint density at radius 1 is 1.16 bits per heavy atom. The molecule has 3 aromatic heterocycles. The van der Waals surface area contributed by atoms with Crippen molar-refractivity contribution in [1.82, 2.24) is 19.4 Å². The van der Waals surface area contributed by atoms with E-state index in [0.717, 1.165) is 5.56 Å². The maximum atomic E-state index is 11.9. The molecule has 3 heterocycles. The van der Waals surface area contributed by atoms with Gasteiger partial charge in [0.05, 0.1) is 0 Å². The molecule has 0 bridgehead atoms. The largest absolute Gasteiger partial charge is 0.332 e. The van der Waals surface area contributed by atoms with E-state index >= 15 is 0 Å². The molecule has 1 N–H and O–H groups in total. The minimum Gasteiger partial charge on any atom is -0.332 e. The first-order valence-electron chi connectivity index (χ1n) is 5.74. The average molecular weight is 268 g/mol. The molecule has 0 atom stereocenters. The lowest BCUT2D eigenvalue weighted by Crippen LogP contribution is -2.08. The summed E-state index contributed by atoms with van der Waals surface area (Å²) in [5.74, 6) is 0.681. The number of benzene rings is 1. The summed E-state index contributed by atoms with van der Waals surface area (Å²) < 4.78 is 1.82. The summed E-state index contributed by atoms with van der Waals surface area (Å²) in [7, 11) is 0. The van der Waals surface area contributed by atoms with E-state index in [9.17, 15) is 4.79 Å². The maximum Gasteiger partial charge on any atom is 0.300 e. The molecule has 0 aliphatic heterocycles. The van der Waals surface area contributed by atoms with Gasteiger partial charge in [-0.3, -0.25) is 9.20 Å². The quantitative estimate of drug-likeness (QED) is 0.576. The topological polar surface area (TPSA) is 63.1 Å². The van der Waals surface area contributed by atoms with Crippen LogP contribution in [0.1, 0.15) is 0 Å². The average Bonchev–Trinajstić information content (AvgIpc) is 3.05. The SMILES string of the molecule is O=c1nc2sccn2c2nc(-c3ccccc3)[nH]c12. The standard InChI is InChI=1S/C13H8N4OS/c18-12-9-11(17-6-7-19-13(17)16-12)15-10(14-9)8-4-2-1-3-5-8/h1-7H,(H,14,15). The van der Waals surface area contributed by atoms with E-state index in [1.807, 2.05) is 46.3 Å². The number of imidazole rings is 1. The Hall–Kier alpha value is -2.47. The second-order valence-corrected chi connectivity index (χ2v) is 5.00. The summed E-state index contributed by atoms with van der Waals surface area (Å²) in [6, 6.07) is 9.72. The number of aromatic nitrogens is 4. The normalized spacial score (nSPS) is 11.4. The van der Waals surface area contributed by atoms with Gasteiger partial charge in [-0.15, -0.1) is 11.3 Å². The molecule has 0 spiro atoms. The predicted molar refractivity (Wildman–Crippen MR) is 74.4 cm³/mol. The summed E-state index contributed by atoms with van der Waals surface area (Å²) in [5, 5.41) is 1.89. The smallest absolute Gasteiger partial charge is 0.300 e. The fourth-order valence-corrected chi connectivity index (χ4v) is 2.78. The summed E-state index contributed by atoms with van der Waals surface area (Å²) in [5.41, 5.74) is 1.74. The minimum absolute atomic E-state index is 0.271. The molecule has 0 amide bonds. The summed E-state index contributed by atoms with van der Waals surface area (Å²) in [6.45, 7) is 0. The van der Waals surface area contributed by atoms with E-state index in [4.69, 9.17) is 0 Å². The third kappa shape index (κ3) is 1.50. The van der Waals surface area contributed by atoms with Gasteiger partial charge in [0, 0.05) is 17.1 Å². The number of hydrogen-bond acceptors (Lipinski definition) is 4. The highest BCUT2D eigenvalue weighted by Crippen LogP contribution is 2.19. The van der Waals surface area contributed by atoms with Crippen LogP contribution in [-0.4, -0.2) is 19.4 Å². The number of rotatable bonds is 1. The lowest BCUT2D eigenvalue weighted by atomic mass is 10.2. The highest BCUT2D eigenvalue weighted by atomic mass is 32.1. The van der Waals surface area contributed by atoms with E-state index in [1.54, 1.807) is 0 Å². The van der Waals surface area contributed by atoms with Gasteiger partial charge in [0.1, 0.15) is 5.82 Å². The van der Waals surface area contributed by atoms with Crippen molar-refractivity contribution >= 4 is 27.5 Å². The summed E-state index contributed by atoms with van der Waals surface area (Å²) in [4.78, 5) is 24.2. The van der Waals surface area contributed by atoms with Crippen molar-refractivity contribution in [3.8, 4) is 11.4 Å². The number of nitrogens with one attached hydrogen (secondary N) is 1. The van der Waals surface area contributed by atoms with Crippen LogP contribution < -0.4 is 5.56 Å². The van der Waals surface area contributed by atoms with Gasteiger partial charge in [0.15, 0.2) is 16.1 Å². The molecule has 92 valence electrons. The number of thiazole rings is 1. The molecule has 6 heteroatoms. The van der Waals surface area contributed by atoms with Crippen molar-refractivity contribution in [3.05, 3.63) is 52.3 Å². The molecule has 0 aliphatic rings. The van der Waals surface area contributed by atoms with Crippen molar-refractivity contribution in [2.45, 2.75) is 0 Å². The fraction of sp³-hybridized carbons (Fsp3) is 0.